The maximum atomic E-state index is 6.02. The quantitative estimate of drug-likeness (QED) is 0.772. The highest BCUT2D eigenvalue weighted by atomic mass is 16.5. The van der Waals surface area contributed by atoms with Crippen LogP contribution in [0, 0.1) is 0 Å². The van der Waals surface area contributed by atoms with E-state index in [1.807, 2.05) is 36.6 Å². The van der Waals surface area contributed by atoms with Gasteiger partial charge < -0.3 is 19.6 Å². The predicted molar refractivity (Wildman–Crippen MR) is 77.9 cm³/mol. The van der Waals surface area contributed by atoms with Gasteiger partial charge in [0.1, 0.15) is 11.3 Å². The molecule has 0 aliphatic carbocycles. The van der Waals surface area contributed by atoms with E-state index in [0.29, 0.717) is 24.8 Å². The van der Waals surface area contributed by atoms with Crippen molar-refractivity contribution in [2.75, 3.05) is 5.73 Å². The Morgan fingerprint density at radius 3 is 2.95 bits per heavy atom. The van der Waals surface area contributed by atoms with Crippen LogP contribution in [-0.2, 0) is 13.0 Å². The smallest absolute Gasteiger partial charge is 0.228 e. The fourth-order valence-corrected chi connectivity index (χ4v) is 2.24. The third-order valence-electron chi connectivity index (χ3n) is 3.09. The second kappa shape index (κ2) is 5.43. The zero-order chi connectivity index (χ0) is 14.8. The largest absolute Gasteiger partial charge is 0.489 e. The van der Waals surface area contributed by atoms with Gasteiger partial charge in [-0.2, -0.15) is 4.98 Å². The summed E-state index contributed by atoms with van der Waals surface area (Å²) in [5, 5.41) is 3.59. The number of nitrogen functional groups attached to an aromatic ring is 1. The lowest BCUT2D eigenvalue weighted by Gasteiger charge is -2.10. The molecular weight excluding hydrogens is 270 g/mol. The van der Waals surface area contributed by atoms with Crippen LogP contribution < -0.4 is 10.5 Å². The maximum absolute atomic E-state index is 6.02. The van der Waals surface area contributed by atoms with E-state index in [4.69, 9.17) is 15.0 Å². The molecule has 21 heavy (non-hydrogen) atoms. The van der Waals surface area contributed by atoms with E-state index < -0.39 is 0 Å². The standard InChI is InChI=1S/C14H17N5O2/c1-9(2)20-11-5-3-4-10-13(11)18-14(15)19(10)7-6-12-16-8-17-21-12/h3-5,8-9H,6-7H2,1-2H3,(H2,15,18). The number of ether oxygens (including phenoxy) is 1. The van der Waals surface area contributed by atoms with Gasteiger partial charge >= 0.3 is 0 Å². The van der Waals surface area contributed by atoms with E-state index in [-0.39, 0.29) is 6.10 Å². The van der Waals surface area contributed by atoms with E-state index in [9.17, 15) is 0 Å². The predicted octanol–water partition coefficient (Wildman–Crippen LogP) is 2.03. The summed E-state index contributed by atoms with van der Waals surface area (Å²) in [5.74, 6) is 1.76. The van der Waals surface area contributed by atoms with Gasteiger partial charge in [0.2, 0.25) is 11.8 Å². The average Bonchev–Trinajstić information content (AvgIpc) is 3.04. The second-order valence-corrected chi connectivity index (χ2v) is 5.00. The number of nitrogens with zero attached hydrogens (tertiary/aromatic N) is 4. The highest BCUT2D eigenvalue weighted by molar-refractivity contribution is 5.84. The first-order chi connectivity index (χ1) is 10.1. The number of aryl methyl sites for hydroxylation is 2. The van der Waals surface area contributed by atoms with Gasteiger partial charge in [0.15, 0.2) is 6.33 Å². The van der Waals surface area contributed by atoms with Crippen LogP contribution in [0.25, 0.3) is 11.0 Å². The number of benzene rings is 1. The molecule has 0 radical (unpaired) electrons. The molecule has 0 atom stereocenters. The number of anilines is 1. The summed E-state index contributed by atoms with van der Waals surface area (Å²) < 4.78 is 12.7. The van der Waals surface area contributed by atoms with Gasteiger partial charge in [-0.15, -0.1) is 0 Å². The highest BCUT2D eigenvalue weighted by Gasteiger charge is 2.13. The van der Waals surface area contributed by atoms with E-state index >= 15 is 0 Å². The monoisotopic (exact) mass is 287 g/mol. The van der Waals surface area contributed by atoms with Crippen molar-refractivity contribution < 1.29 is 9.26 Å². The molecule has 3 rings (SSSR count). The molecule has 2 N–H and O–H groups in total. The van der Waals surface area contributed by atoms with Crippen molar-refractivity contribution in [3.63, 3.8) is 0 Å². The van der Waals surface area contributed by atoms with Gasteiger partial charge in [0, 0.05) is 13.0 Å². The molecule has 0 bridgehead atoms. The molecule has 7 heteroatoms. The third kappa shape index (κ3) is 2.67. The molecule has 2 heterocycles. The van der Waals surface area contributed by atoms with Crippen LogP contribution in [-0.4, -0.2) is 25.8 Å². The Morgan fingerprint density at radius 2 is 2.24 bits per heavy atom. The Bertz CT molecular complexity index is 733. The lowest BCUT2D eigenvalue weighted by Crippen LogP contribution is -2.06. The zero-order valence-corrected chi connectivity index (χ0v) is 12.0. The summed E-state index contributed by atoms with van der Waals surface area (Å²) in [4.78, 5) is 8.42. The molecule has 0 unspecified atom stereocenters. The van der Waals surface area contributed by atoms with Gasteiger partial charge in [0.05, 0.1) is 11.6 Å². The fourth-order valence-electron chi connectivity index (χ4n) is 2.24. The summed E-state index contributed by atoms with van der Waals surface area (Å²) in [6.45, 7) is 4.58. The van der Waals surface area contributed by atoms with E-state index in [1.54, 1.807) is 0 Å². The van der Waals surface area contributed by atoms with Crippen molar-refractivity contribution in [1.29, 1.82) is 0 Å². The molecule has 0 saturated carbocycles. The molecule has 3 aromatic rings. The molecule has 110 valence electrons. The van der Waals surface area contributed by atoms with Crippen molar-refractivity contribution >= 4 is 17.0 Å². The average molecular weight is 287 g/mol. The number of para-hydroxylation sites is 1. The molecule has 0 spiro atoms. The Kier molecular flexibility index (Phi) is 3.47. The molecule has 0 aliphatic heterocycles. The minimum absolute atomic E-state index is 0.0837. The molecule has 0 aliphatic rings. The number of hydrogen-bond donors (Lipinski definition) is 1. The number of aromatic nitrogens is 4. The summed E-state index contributed by atoms with van der Waals surface area (Å²) >= 11 is 0. The van der Waals surface area contributed by atoms with Gasteiger partial charge in [-0.05, 0) is 26.0 Å². The number of fused-ring (bicyclic) bond motifs is 1. The van der Waals surface area contributed by atoms with Gasteiger partial charge in [-0.3, -0.25) is 0 Å². The lowest BCUT2D eigenvalue weighted by atomic mass is 10.3. The topological polar surface area (TPSA) is 92.0 Å². The highest BCUT2D eigenvalue weighted by Crippen LogP contribution is 2.28. The van der Waals surface area contributed by atoms with Crippen LogP contribution in [0.4, 0.5) is 5.95 Å². The first-order valence-corrected chi connectivity index (χ1v) is 6.82. The molecule has 7 nitrogen and oxygen atoms in total. The van der Waals surface area contributed by atoms with Crippen LogP contribution in [0.1, 0.15) is 19.7 Å². The molecule has 0 saturated heterocycles. The Hall–Kier alpha value is -2.57. The Balaban J connectivity index is 1.93. The summed E-state index contributed by atoms with van der Waals surface area (Å²) in [5.41, 5.74) is 7.73. The molecule has 1 aromatic carbocycles. The zero-order valence-electron chi connectivity index (χ0n) is 12.0. The maximum Gasteiger partial charge on any atom is 0.228 e. The van der Waals surface area contributed by atoms with Crippen molar-refractivity contribution in [1.82, 2.24) is 19.7 Å². The van der Waals surface area contributed by atoms with Crippen LogP contribution in [0.2, 0.25) is 0 Å². The minimum Gasteiger partial charge on any atom is -0.489 e. The SMILES string of the molecule is CC(C)Oc1cccc2c1nc(N)n2CCc1ncno1. The number of hydrogen-bond acceptors (Lipinski definition) is 6. The molecule has 0 fully saturated rings. The van der Waals surface area contributed by atoms with Gasteiger partial charge in [0.25, 0.3) is 0 Å². The number of rotatable bonds is 5. The lowest BCUT2D eigenvalue weighted by molar-refractivity contribution is 0.245. The van der Waals surface area contributed by atoms with Crippen molar-refractivity contribution in [2.45, 2.75) is 32.9 Å². The van der Waals surface area contributed by atoms with E-state index in [2.05, 4.69) is 15.1 Å². The molecule has 2 aromatic heterocycles. The van der Waals surface area contributed by atoms with Crippen LogP contribution in [0.15, 0.2) is 29.0 Å². The number of imidazole rings is 1. The van der Waals surface area contributed by atoms with Crippen LogP contribution >= 0.6 is 0 Å². The third-order valence-corrected chi connectivity index (χ3v) is 3.09. The summed E-state index contributed by atoms with van der Waals surface area (Å²) in [6, 6.07) is 5.81. The second-order valence-electron chi connectivity index (χ2n) is 5.00. The van der Waals surface area contributed by atoms with Crippen LogP contribution in [0.3, 0.4) is 0 Å². The van der Waals surface area contributed by atoms with Crippen LogP contribution in [0.5, 0.6) is 5.75 Å². The van der Waals surface area contributed by atoms with Crippen molar-refractivity contribution in [2.24, 2.45) is 0 Å². The van der Waals surface area contributed by atoms with Gasteiger partial charge in [-0.1, -0.05) is 11.2 Å². The molecular formula is C14H17N5O2. The Morgan fingerprint density at radius 1 is 1.38 bits per heavy atom. The summed E-state index contributed by atoms with van der Waals surface area (Å²) in [7, 11) is 0. The van der Waals surface area contributed by atoms with Crippen molar-refractivity contribution in [3.8, 4) is 5.75 Å². The first-order valence-electron chi connectivity index (χ1n) is 6.82. The minimum atomic E-state index is 0.0837. The van der Waals surface area contributed by atoms with Crippen molar-refractivity contribution in [3.05, 3.63) is 30.4 Å². The van der Waals surface area contributed by atoms with E-state index in [1.165, 1.54) is 6.33 Å². The summed E-state index contributed by atoms with van der Waals surface area (Å²) in [6.07, 6.45) is 2.07. The normalized spacial score (nSPS) is 11.4. The number of nitrogens with two attached hydrogens (primary N) is 1. The van der Waals surface area contributed by atoms with E-state index in [0.717, 1.165) is 16.8 Å². The fraction of sp³-hybridized carbons (Fsp3) is 0.357. The Labute approximate surface area is 121 Å². The molecule has 0 amide bonds. The first kappa shape index (κ1) is 13.4. The van der Waals surface area contributed by atoms with Gasteiger partial charge in [-0.25, -0.2) is 4.98 Å².